The number of halogens is 1. The zero-order chi connectivity index (χ0) is 16.6. The van der Waals surface area contributed by atoms with E-state index in [0.717, 1.165) is 23.3 Å². The van der Waals surface area contributed by atoms with Crippen molar-refractivity contribution in [1.29, 1.82) is 0 Å². The first-order valence-corrected chi connectivity index (χ1v) is 8.07. The van der Waals surface area contributed by atoms with Crippen molar-refractivity contribution in [3.63, 3.8) is 0 Å². The highest BCUT2D eigenvalue weighted by Crippen LogP contribution is 2.25. The monoisotopic (exact) mass is 311 g/mol. The highest BCUT2D eigenvalue weighted by Gasteiger charge is 2.13. The van der Waals surface area contributed by atoms with Gasteiger partial charge in [-0.2, -0.15) is 0 Å². The summed E-state index contributed by atoms with van der Waals surface area (Å²) in [6.45, 7) is 8.72. The van der Waals surface area contributed by atoms with Crippen molar-refractivity contribution >= 4 is 11.0 Å². The van der Waals surface area contributed by atoms with E-state index < -0.39 is 0 Å². The molecule has 0 atom stereocenters. The van der Waals surface area contributed by atoms with Gasteiger partial charge in [0.2, 0.25) is 0 Å². The van der Waals surface area contributed by atoms with Gasteiger partial charge in [-0.1, -0.05) is 27.7 Å². The van der Waals surface area contributed by atoms with E-state index in [-0.39, 0.29) is 5.82 Å². The second kappa shape index (κ2) is 6.11. The SMILES string of the molecule is CC(C)Cc1cc(C(C)C)ncc1-n1cnc2cc(F)ccc21. The Morgan fingerprint density at radius 2 is 1.87 bits per heavy atom. The summed E-state index contributed by atoms with van der Waals surface area (Å²) in [5, 5.41) is 0. The molecule has 3 rings (SSSR count). The molecule has 23 heavy (non-hydrogen) atoms. The molecule has 0 fully saturated rings. The lowest BCUT2D eigenvalue weighted by Crippen LogP contribution is -2.06. The van der Waals surface area contributed by atoms with E-state index in [0.29, 0.717) is 17.4 Å². The lowest BCUT2D eigenvalue weighted by molar-refractivity contribution is 0.629. The predicted molar refractivity (Wildman–Crippen MR) is 91.5 cm³/mol. The van der Waals surface area contributed by atoms with Gasteiger partial charge in [-0.3, -0.25) is 9.55 Å². The van der Waals surface area contributed by atoms with Crippen LogP contribution in [0.15, 0.2) is 36.8 Å². The summed E-state index contributed by atoms with van der Waals surface area (Å²) in [4.78, 5) is 8.93. The number of imidazole rings is 1. The third kappa shape index (κ3) is 3.11. The van der Waals surface area contributed by atoms with Gasteiger partial charge in [0.05, 0.1) is 22.9 Å². The molecule has 0 amide bonds. The molecule has 0 aliphatic rings. The minimum absolute atomic E-state index is 0.265. The molecule has 0 spiro atoms. The second-order valence-corrected chi connectivity index (χ2v) is 6.74. The fraction of sp³-hybridized carbons (Fsp3) is 0.368. The van der Waals surface area contributed by atoms with Crippen molar-refractivity contribution in [2.45, 2.75) is 40.0 Å². The molecule has 3 nitrogen and oxygen atoms in total. The summed E-state index contributed by atoms with van der Waals surface area (Å²) in [7, 11) is 0. The molecule has 0 aliphatic heterocycles. The molecule has 0 bridgehead atoms. The van der Waals surface area contributed by atoms with Crippen LogP contribution in [-0.4, -0.2) is 14.5 Å². The van der Waals surface area contributed by atoms with Crippen LogP contribution in [-0.2, 0) is 6.42 Å². The maximum Gasteiger partial charge on any atom is 0.125 e. The fourth-order valence-corrected chi connectivity index (χ4v) is 2.82. The van der Waals surface area contributed by atoms with Crippen LogP contribution in [0.1, 0.15) is 44.9 Å². The smallest absolute Gasteiger partial charge is 0.125 e. The number of fused-ring (bicyclic) bond motifs is 1. The van der Waals surface area contributed by atoms with Crippen molar-refractivity contribution in [3.05, 3.63) is 53.9 Å². The van der Waals surface area contributed by atoms with Crippen LogP contribution in [0.25, 0.3) is 16.7 Å². The number of hydrogen-bond acceptors (Lipinski definition) is 2. The Balaban J connectivity index is 2.16. The first-order valence-electron chi connectivity index (χ1n) is 8.07. The summed E-state index contributed by atoms with van der Waals surface area (Å²) >= 11 is 0. The molecule has 0 unspecified atom stereocenters. The average molecular weight is 311 g/mol. The van der Waals surface area contributed by atoms with Crippen molar-refractivity contribution in [2.24, 2.45) is 5.92 Å². The van der Waals surface area contributed by atoms with E-state index in [4.69, 9.17) is 0 Å². The molecule has 0 N–H and O–H groups in total. The van der Waals surface area contributed by atoms with Gasteiger partial charge in [0, 0.05) is 11.8 Å². The van der Waals surface area contributed by atoms with Crippen LogP contribution in [0, 0.1) is 11.7 Å². The van der Waals surface area contributed by atoms with Crippen LogP contribution >= 0.6 is 0 Å². The Labute approximate surface area is 136 Å². The van der Waals surface area contributed by atoms with Gasteiger partial charge in [-0.15, -0.1) is 0 Å². The van der Waals surface area contributed by atoms with Crippen molar-refractivity contribution in [3.8, 4) is 5.69 Å². The van der Waals surface area contributed by atoms with Crippen LogP contribution in [0.5, 0.6) is 0 Å². The molecule has 0 aliphatic carbocycles. The first kappa shape index (κ1) is 15.7. The largest absolute Gasteiger partial charge is 0.297 e. The van der Waals surface area contributed by atoms with E-state index in [1.165, 1.54) is 17.7 Å². The molecule has 0 radical (unpaired) electrons. The van der Waals surface area contributed by atoms with E-state index >= 15 is 0 Å². The minimum atomic E-state index is -0.265. The van der Waals surface area contributed by atoms with Crippen LogP contribution in [0.3, 0.4) is 0 Å². The number of aromatic nitrogens is 3. The normalized spacial score (nSPS) is 11.8. The van der Waals surface area contributed by atoms with Gasteiger partial charge in [-0.25, -0.2) is 9.37 Å². The van der Waals surface area contributed by atoms with Crippen LogP contribution in [0.4, 0.5) is 4.39 Å². The fourth-order valence-electron chi connectivity index (χ4n) is 2.82. The molecule has 0 saturated carbocycles. The van der Waals surface area contributed by atoms with Gasteiger partial charge in [-0.05, 0) is 42.0 Å². The highest BCUT2D eigenvalue weighted by atomic mass is 19.1. The number of rotatable bonds is 4. The average Bonchev–Trinajstić information content (AvgIpc) is 2.89. The summed E-state index contributed by atoms with van der Waals surface area (Å²) in [6, 6.07) is 6.89. The summed E-state index contributed by atoms with van der Waals surface area (Å²) in [6.07, 6.45) is 4.63. The maximum absolute atomic E-state index is 13.4. The summed E-state index contributed by atoms with van der Waals surface area (Å²) < 4.78 is 15.4. The van der Waals surface area contributed by atoms with Crippen LogP contribution in [0.2, 0.25) is 0 Å². The van der Waals surface area contributed by atoms with Gasteiger partial charge in [0.25, 0.3) is 0 Å². The predicted octanol–water partition coefficient (Wildman–Crippen LogP) is 4.88. The van der Waals surface area contributed by atoms with Gasteiger partial charge in [0.15, 0.2) is 0 Å². The zero-order valence-electron chi connectivity index (χ0n) is 14.0. The van der Waals surface area contributed by atoms with E-state index in [1.54, 1.807) is 12.4 Å². The zero-order valence-corrected chi connectivity index (χ0v) is 14.0. The lowest BCUT2D eigenvalue weighted by atomic mass is 9.99. The molecule has 120 valence electrons. The third-order valence-electron chi connectivity index (χ3n) is 3.98. The Bertz CT molecular complexity index is 834. The number of hydrogen-bond donors (Lipinski definition) is 0. The molecular formula is C19H22FN3. The Hall–Kier alpha value is -2.23. The van der Waals surface area contributed by atoms with Gasteiger partial charge < -0.3 is 0 Å². The van der Waals surface area contributed by atoms with E-state index in [1.807, 2.05) is 10.8 Å². The van der Waals surface area contributed by atoms with E-state index in [9.17, 15) is 4.39 Å². The first-order chi connectivity index (χ1) is 11.0. The number of benzene rings is 1. The standard InChI is InChI=1S/C19H22FN3/c1-12(2)7-14-8-16(13(3)4)21-10-19(14)23-11-22-17-9-15(20)5-6-18(17)23/h5-6,8-13H,7H2,1-4H3. The van der Waals surface area contributed by atoms with Crippen LogP contribution < -0.4 is 0 Å². The van der Waals surface area contributed by atoms with E-state index in [2.05, 4.69) is 43.7 Å². The Morgan fingerprint density at radius 1 is 1.09 bits per heavy atom. The summed E-state index contributed by atoms with van der Waals surface area (Å²) in [5.41, 5.74) is 4.93. The molecule has 2 aromatic heterocycles. The molecule has 4 heteroatoms. The maximum atomic E-state index is 13.4. The highest BCUT2D eigenvalue weighted by molar-refractivity contribution is 5.77. The molecule has 3 aromatic rings. The van der Waals surface area contributed by atoms with Crippen molar-refractivity contribution in [1.82, 2.24) is 14.5 Å². The van der Waals surface area contributed by atoms with Crippen molar-refractivity contribution in [2.75, 3.05) is 0 Å². The third-order valence-corrected chi connectivity index (χ3v) is 3.98. The number of nitrogens with zero attached hydrogens (tertiary/aromatic N) is 3. The van der Waals surface area contributed by atoms with Crippen molar-refractivity contribution < 1.29 is 4.39 Å². The lowest BCUT2D eigenvalue weighted by Gasteiger charge is -2.15. The summed E-state index contributed by atoms with van der Waals surface area (Å²) in [5.74, 6) is 0.672. The number of pyridine rings is 1. The molecule has 0 saturated heterocycles. The topological polar surface area (TPSA) is 30.7 Å². The molecule has 2 heterocycles. The minimum Gasteiger partial charge on any atom is -0.297 e. The van der Waals surface area contributed by atoms with Gasteiger partial charge in [0.1, 0.15) is 12.1 Å². The molecule has 1 aromatic carbocycles. The Kier molecular flexibility index (Phi) is 4.16. The second-order valence-electron chi connectivity index (χ2n) is 6.74. The quantitative estimate of drug-likeness (QED) is 0.687. The Morgan fingerprint density at radius 3 is 2.57 bits per heavy atom. The molecular weight excluding hydrogens is 289 g/mol. The van der Waals surface area contributed by atoms with Gasteiger partial charge >= 0.3 is 0 Å².